The Morgan fingerprint density at radius 3 is 1.44 bits per heavy atom. The Morgan fingerprint density at radius 2 is 1.04 bits per heavy atom. The van der Waals surface area contributed by atoms with Crippen LogP contribution in [0.25, 0.3) is 0 Å². The molecule has 0 radical (unpaired) electrons. The fraction of sp³-hybridized carbons (Fsp3) is 0.750. The first-order valence-electron chi connectivity index (χ1n) is 11.1. The van der Waals surface area contributed by atoms with Crippen LogP contribution in [0.15, 0.2) is 36.8 Å². The van der Waals surface area contributed by atoms with Crippen LogP contribution in [0.3, 0.4) is 0 Å². The molecular weight excluding hydrogens is 304 g/mol. The standard InChI is InChI=1S/C24H42O/c1-2-3-4-5-6-7-8-9-10-11-12-13-14-15-16-17-18-19-20-21-22-24-23-25-24/h2-4,23H,1,5-22H2. The lowest BCUT2D eigenvalue weighted by Crippen LogP contribution is -1.84. The number of ether oxygens (including phenoxy) is 1. The van der Waals surface area contributed by atoms with Crippen LogP contribution in [0, 0.1) is 0 Å². The molecule has 0 fully saturated rings. The van der Waals surface area contributed by atoms with Crippen molar-refractivity contribution in [3.63, 3.8) is 0 Å². The molecule has 0 aliphatic carbocycles. The maximum atomic E-state index is 5.04. The van der Waals surface area contributed by atoms with Gasteiger partial charge in [-0.25, -0.2) is 0 Å². The van der Waals surface area contributed by atoms with Crippen LogP contribution < -0.4 is 0 Å². The van der Waals surface area contributed by atoms with Gasteiger partial charge in [0, 0.05) is 6.42 Å². The summed E-state index contributed by atoms with van der Waals surface area (Å²) in [6.45, 7) is 3.69. The first kappa shape index (κ1) is 22.1. The van der Waals surface area contributed by atoms with Gasteiger partial charge in [-0.15, -0.1) is 0 Å². The molecule has 0 saturated carbocycles. The summed E-state index contributed by atoms with van der Waals surface area (Å²) in [6.07, 6.45) is 33.2. The van der Waals surface area contributed by atoms with E-state index in [4.69, 9.17) is 4.74 Å². The van der Waals surface area contributed by atoms with E-state index in [0.717, 1.165) is 0 Å². The highest BCUT2D eigenvalue weighted by Crippen LogP contribution is 2.21. The molecule has 0 aromatic rings. The lowest BCUT2D eigenvalue weighted by molar-refractivity contribution is 0.469. The number of unbranched alkanes of at least 4 members (excludes halogenated alkanes) is 16. The molecule has 0 amide bonds. The second-order valence-corrected chi connectivity index (χ2v) is 7.56. The number of allylic oxidation sites excluding steroid dienone is 4. The minimum atomic E-state index is 1.17. The highest BCUT2D eigenvalue weighted by Gasteiger charge is 2.07. The summed E-state index contributed by atoms with van der Waals surface area (Å²) in [5.74, 6) is 1.22. The van der Waals surface area contributed by atoms with Gasteiger partial charge in [0.1, 0.15) is 12.0 Å². The van der Waals surface area contributed by atoms with Crippen molar-refractivity contribution < 1.29 is 4.74 Å². The second-order valence-electron chi connectivity index (χ2n) is 7.56. The average Bonchev–Trinajstić information content (AvgIpc) is 3.44. The minimum Gasteiger partial charge on any atom is -0.463 e. The topological polar surface area (TPSA) is 12.5 Å². The van der Waals surface area contributed by atoms with E-state index in [2.05, 4.69) is 18.7 Å². The smallest absolute Gasteiger partial charge is 0.138 e. The van der Waals surface area contributed by atoms with Crippen LogP contribution in [-0.2, 0) is 4.74 Å². The molecule has 1 aliphatic heterocycles. The normalized spacial score (nSPS) is 13.0. The van der Waals surface area contributed by atoms with Crippen molar-refractivity contribution in [2.75, 3.05) is 0 Å². The monoisotopic (exact) mass is 346 g/mol. The Morgan fingerprint density at radius 1 is 0.640 bits per heavy atom. The third kappa shape index (κ3) is 17.6. The highest BCUT2D eigenvalue weighted by atomic mass is 16.5. The number of rotatable bonds is 20. The molecule has 25 heavy (non-hydrogen) atoms. The zero-order valence-corrected chi connectivity index (χ0v) is 16.7. The summed E-state index contributed by atoms with van der Waals surface area (Å²) >= 11 is 0. The molecule has 0 spiro atoms. The molecule has 1 heterocycles. The summed E-state index contributed by atoms with van der Waals surface area (Å²) in [6, 6.07) is 0. The quantitative estimate of drug-likeness (QED) is 0.159. The summed E-state index contributed by atoms with van der Waals surface area (Å²) in [5.41, 5.74) is 0. The number of hydrogen-bond acceptors (Lipinski definition) is 1. The average molecular weight is 347 g/mol. The Kier molecular flexibility index (Phi) is 15.7. The summed E-state index contributed by atoms with van der Waals surface area (Å²) in [4.78, 5) is 0. The van der Waals surface area contributed by atoms with Gasteiger partial charge in [-0.2, -0.15) is 0 Å². The predicted molar refractivity (Wildman–Crippen MR) is 112 cm³/mol. The fourth-order valence-corrected chi connectivity index (χ4v) is 3.39. The van der Waals surface area contributed by atoms with E-state index in [9.17, 15) is 0 Å². The Balaban J connectivity index is 1.62. The Labute approximate surface area is 157 Å². The van der Waals surface area contributed by atoms with Gasteiger partial charge < -0.3 is 4.74 Å². The maximum Gasteiger partial charge on any atom is 0.138 e. The van der Waals surface area contributed by atoms with E-state index < -0.39 is 0 Å². The van der Waals surface area contributed by atoms with E-state index in [0.29, 0.717) is 0 Å². The van der Waals surface area contributed by atoms with Crippen molar-refractivity contribution in [3.05, 3.63) is 36.8 Å². The van der Waals surface area contributed by atoms with Crippen LogP contribution in [0.1, 0.15) is 116 Å². The molecule has 144 valence electrons. The van der Waals surface area contributed by atoms with Crippen molar-refractivity contribution in [1.29, 1.82) is 0 Å². The lowest BCUT2D eigenvalue weighted by atomic mass is 10.0. The molecular formula is C24H42O. The molecule has 1 aliphatic rings. The molecule has 1 nitrogen and oxygen atoms in total. The zero-order chi connectivity index (χ0) is 17.8. The van der Waals surface area contributed by atoms with Crippen molar-refractivity contribution in [2.45, 2.75) is 116 Å². The van der Waals surface area contributed by atoms with Crippen molar-refractivity contribution in [1.82, 2.24) is 0 Å². The van der Waals surface area contributed by atoms with Crippen molar-refractivity contribution in [3.8, 4) is 0 Å². The van der Waals surface area contributed by atoms with Gasteiger partial charge in [-0.05, 0) is 19.3 Å². The fourth-order valence-electron chi connectivity index (χ4n) is 3.39. The van der Waals surface area contributed by atoms with Gasteiger partial charge in [0.2, 0.25) is 0 Å². The first-order valence-corrected chi connectivity index (χ1v) is 11.1. The lowest BCUT2D eigenvalue weighted by Gasteiger charge is -2.03. The van der Waals surface area contributed by atoms with E-state index in [-0.39, 0.29) is 0 Å². The number of hydrogen-bond donors (Lipinski definition) is 0. The SMILES string of the molecule is C=CC=CCCCCCCCCCCCCCCCCCCC1=CO1. The summed E-state index contributed by atoms with van der Waals surface area (Å²) in [7, 11) is 0. The van der Waals surface area contributed by atoms with Gasteiger partial charge in [-0.3, -0.25) is 0 Å². The van der Waals surface area contributed by atoms with Gasteiger partial charge in [0.05, 0.1) is 0 Å². The van der Waals surface area contributed by atoms with Gasteiger partial charge in [0.15, 0.2) is 0 Å². The first-order chi connectivity index (χ1) is 12.4. The Bertz CT molecular complexity index is 353. The molecule has 0 aromatic carbocycles. The maximum absolute atomic E-state index is 5.04. The largest absolute Gasteiger partial charge is 0.463 e. The van der Waals surface area contributed by atoms with Crippen LogP contribution in [-0.4, -0.2) is 0 Å². The molecule has 1 rings (SSSR count). The Hall–Kier alpha value is -0.980. The van der Waals surface area contributed by atoms with Gasteiger partial charge in [0.25, 0.3) is 0 Å². The molecule has 1 heteroatoms. The van der Waals surface area contributed by atoms with Crippen molar-refractivity contribution in [2.24, 2.45) is 0 Å². The predicted octanol–water partition coefficient (Wildman–Crippen LogP) is 8.62. The molecule has 0 unspecified atom stereocenters. The minimum absolute atomic E-state index is 1.17. The molecule has 0 saturated heterocycles. The summed E-state index contributed by atoms with van der Waals surface area (Å²) in [5, 5.41) is 0. The van der Waals surface area contributed by atoms with Crippen LogP contribution in [0.2, 0.25) is 0 Å². The molecule has 0 atom stereocenters. The molecule has 0 N–H and O–H groups in total. The van der Waals surface area contributed by atoms with Gasteiger partial charge in [-0.1, -0.05) is 115 Å². The highest BCUT2D eigenvalue weighted by molar-refractivity contribution is 5.01. The third-order valence-corrected chi connectivity index (χ3v) is 5.10. The van der Waals surface area contributed by atoms with Gasteiger partial charge >= 0.3 is 0 Å². The second kappa shape index (κ2) is 17.8. The zero-order valence-electron chi connectivity index (χ0n) is 16.7. The molecule has 0 bridgehead atoms. The van der Waals surface area contributed by atoms with Crippen molar-refractivity contribution >= 4 is 0 Å². The van der Waals surface area contributed by atoms with E-state index in [1.807, 2.05) is 12.3 Å². The third-order valence-electron chi connectivity index (χ3n) is 5.10. The van der Waals surface area contributed by atoms with E-state index in [1.54, 1.807) is 0 Å². The van der Waals surface area contributed by atoms with Crippen LogP contribution in [0.4, 0.5) is 0 Å². The molecule has 0 aromatic heterocycles. The van der Waals surface area contributed by atoms with E-state index in [1.165, 1.54) is 121 Å². The van der Waals surface area contributed by atoms with Crippen LogP contribution >= 0.6 is 0 Å². The van der Waals surface area contributed by atoms with Crippen LogP contribution in [0.5, 0.6) is 0 Å². The summed E-state index contributed by atoms with van der Waals surface area (Å²) < 4.78 is 5.04. The van der Waals surface area contributed by atoms with E-state index >= 15 is 0 Å².